The van der Waals surface area contributed by atoms with Crippen LogP contribution < -0.4 is 9.47 Å². The molecule has 0 aliphatic heterocycles. The fraction of sp³-hybridized carbons (Fsp3) is 0.167. The van der Waals surface area contributed by atoms with E-state index in [0.717, 1.165) is 29.4 Å². The van der Waals surface area contributed by atoms with Gasteiger partial charge in [0.2, 0.25) is 0 Å². The molecule has 138 valence electrons. The zero-order valence-corrected chi connectivity index (χ0v) is 15.6. The van der Waals surface area contributed by atoms with Gasteiger partial charge in [-0.15, -0.1) is 0 Å². The van der Waals surface area contributed by atoms with Gasteiger partial charge >= 0.3 is 0 Å². The molecule has 4 rings (SSSR count). The summed E-state index contributed by atoms with van der Waals surface area (Å²) in [5.41, 5.74) is 4.19. The highest BCUT2D eigenvalue weighted by atomic mass is 16.5. The second-order valence-electron chi connectivity index (χ2n) is 6.67. The Hall–Kier alpha value is -3.58. The Labute approximate surface area is 163 Å². The van der Waals surface area contributed by atoms with Crippen LogP contribution in [0.15, 0.2) is 54.6 Å². The number of carbonyl (C=O) groups is 1. The van der Waals surface area contributed by atoms with Crippen molar-refractivity contribution >= 4 is 22.6 Å². The van der Waals surface area contributed by atoms with Crippen LogP contribution in [0.4, 0.5) is 0 Å². The maximum absolute atomic E-state index is 12.9. The molecule has 0 radical (unpaired) electrons. The van der Waals surface area contributed by atoms with Gasteiger partial charge in [0.25, 0.3) is 0 Å². The third kappa shape index (κ3) is 3.23. The van der Waals surface area contributed by atoms with Crippen LogP contribution in [0.5, 0.6) is 11.5 Å². The third-order valence-electron chi connectivity index (χ3n) is 5.05. The standard InChI is InChI=1S/C24H19NO3/c1-27-23-15-16(6-12-22(23)28-14-13-25)5-11-21(26)19-10-9-18-8-7-17-3-2-4-20(19)24(17)18/h2-6,9-12,15H,7-8,14H2,1H3/b11-5+. The number of hydrogen-bond acceptors (Lipinski definition) is 4. The Kier molecular flexibility index (Phi) is 4.82. The van der Waals surface area contributed by atoms with E-state index >= 15 is 0 Å². The highest BCUT2D eigenvalue weighted by Gasteiger charge is 2.17. The number of ether oxygens (including phenoxy) is 2. The van der Waals surface area contributed by atoms with Crippen LogP contribution in [-0.2, 0) is 12.8 Å². The van der Waals surface area contributed by atoms with E-state index in [1.165, 1.54) is 16.5 Å². The number of allylic oxidation sites excluding steroid dienone is 1. The number of nitrogens with zero attached hydrogens (tertiary/aromatic N) is 1. The number of carbonyl (C=O) groups excluding carboxylic acids is 1. The van der Waals surface area contributed by atoms with Crippen LogP contribution in [0.25, 0.3) is 16.8 Å². The van der Waals surface area contributed by atoms with E-state index in [2.05, 4.69) is 12.1 Å². The summed E-state index contributed by atoms with van der Waals surface area (Å²) in [6, 6.07) is 17.5. The van der Waals surface area contributed by atoms with E-state index in [-0.39, 0.29) is 12.4 Å². The van der Waals surface area contributed by atoms with Crippen LogP contribution in [0.1, 0.15) is 27.0 Å². The van der Waals surface area contributed by atoms with Gasteiger partial charge in [-0.1, -0.05) is 42.5 Å². The number of hydrogen-bond donors (Lipinski definition) is 0. The summed E-state index contributed by atoms with van der Waals surface area (Å²) in [4.78, 5) is 12.9. The number of aryl methyl sites for hydroxylation is 2. The molecule has 1 aliphatic carbocycles. The molecule has 28 heavy (non-hydrogen) atoms. The maximum Gasteiger partial charge on any atom is 0.186 e. The van der Waals surface area contributed by atoms with Crippen molar-refractivity contribution in [3.8, 4) is 17.6 Å². The fourth-order valence-electron chi connectivity index (χ4n) is 3.74. The second-order valence-corrected chi connectivity index (χ2v) is 6.67. The largest absolute Gasteiger partial charge is 0.493 e. The summed E-state index contributed by atoms with van der Waals surface area (Å²) in [6.45, 7) is -0.0465. The van der Waals surface area contributed by atoms with E-state index in [9.17, 15) is 4.79 Å². The van der Waals surface area contributed by atoms with Gasteiger partial charge in [0.15, 0.2) is 23.9 Å². The normalized spacial score (nSPS) is 12.3. The van der Waals surface area contributed by atoms with E-state index in [1.807, 2.05) is 30.3 Å². The molecular weight excluding hydrogens is 350 g/mol. The molecule has 0 aromatic heterocycles. The highest BCUT2D eigenvalue weighted by molar-refractivity contribution is 6.16. The molecule has 0 bridgehead atoms. The lowest BCUT2D eigenvalue weighted by Gasteiger charge is -2.09. The number of benzene rings is 3. The van der Waals surface area contributed by atoms with Crippen molar-refractivity contribution in [2.75, 3.05) is 13.7 Å². The molecule has 3 aromatic carbocycles. The van der Waals surface area contributed by atoms with E-state index < -0.39 is 0 Å². The monoisotopic (exact) mass is 369 g/mol. The topological polar surface area (TPSA) is 59.3 Å². The molecule has 4 heteroatoms. The molecule has 0 saturated heterocycles. The molecule has 0 spiro atoms. The Morgan fingerprint density at radius 1 is 1.11 bits per heavy atom. The van der Waals surface area contributed by atoms with Crippen LogP contribution in [0, 0.1) is 11.3 Å². The molecule has 0 heterocycles. The quantitative estimate of drug-likeness (QED) is 0.465. The van der Waals surface area contributed by atoms with Crippen molar-refractivity contribution in [1.82, 2.24) is 0 Å². The lowest BCUT2D eigenvalue weighted by atomic mass is 9.97. The fourth-order valence-corrected chi connectivity index (χ4v) is 3.74. The number of ketones is 1. The first-order valence-electron chi connectivity index (χ1n) is 9.15. The number of nitriles is 1. The minimum atomic E-state index is -0.0465. The smallest absolute Gasteiger partial charge is 0.186 e. The third-order valence-corrected chi connectivity index (χ3v) is 5.05. The summed E-state index contributed by atoms with van der Waals surface area (Å²) < 4.78 is 10.6. The first-order valence-corrected chi connectivity index (χ1v) is 9.15. The van der Waals surface area contributed by atoms with Crippen LogP contribution in [0.3, 0.4) is 0 Å². The summed E-state index contributed by atoms with van der Waals surface area (Å²) in [6.07, 6.45) is 5.44. The number of methoxy groups -OCH3 is 1. The van der Waals surface area contributed by atoms with Gasteiger partial charge in [-0.3, -0.25) is 4.79 Å². The summed E-state index contributed by atoms with van der Waals surface area (Å²) in [5.74, 6) is 0.995. The van der Waals surface area contributed by atoms with Crippen molar-refractivity contribution in [3.05, 3.63) is 76.9 Å². The molecule has 0 N–H and O–H groups in total. The zero-order chi connectivity index (χ0) is 19.5. The molecule has 4 nitrogen and oxygen atoms in total. The van der Waals surface area contributed by atoms with Gasteiger partial charge in [0, 0.05) is 5.56 Å². The highest BCUT2D eigenvalue weighted by Crippen LogP contribution is 2.33. The van der Waals surface area contributed by atoms with Crippen molar-refractivity contribution in [3.63, 3.8) is 0 Å². The molecular formula is C24H19NO3. The first-order chi connectivity index (χ1) is 13.7. The SMILES string of the molecule is COc1cc(/C=C/C(=O)c2ccc3c4c(cccc24)CC3)ccc1OCC#N. The van der Waals surface area contributed by atoms with Gasteiger partial charge in [0.1, 0.15) is 6.07 Å². The lowest BCUT2D eigenvalue weighted by Crippen LogP contribution is -1.98. The molecule has 0 fully saturated rings. The van der Waals surface area contributed by atoms with Gasteiger partial charge in [-0.05, 0) is 58.5 Å². The van der Waals surface area contributed by atoms with Crippen LogP contribution in [-0.4, -0.2) is 19.5 Å². The molecule has 0 unspecified atom stereocenters. The maximum atomic E-state index is 12.9. The lowest BCUT2D eigenvalue weighted by molar-refractivity contribution is 0.104. The first kappa shape index (κ1) is 17.8. The number of rotatable bonds is 6. The van der Waals surface area contributed by atoms with Crippen molar-refractivity contribution < 1.29 is 14.3 Å². The van der Waals surface area contributed by atoms with Gasteiger partial charge in [0.05, 0.1) is 7.11 Å². The zero-order valence-electron chi connectivity index (χ0n) is 15.6. The molecule has 1 aliphatic rings. The molecule has 0 amide bonds. The predicted molar refractivity (Wildman–Crippen MR) is 109 cm³/mol. The Morgan fingerprint density at radius 2 is 1.93 bits per heavy atom. The van der Waals surface area contributed by atoms with Crippen molar-refractivity contribution in [1.29, 1.82) is 5.26 Å². The Balaban J connectivity index is 1.62. The summed E-state index contributed by atoms with van der Waals surface area (Å²) >= 11 is 0. The van der Waals surface area contributed by atoms with Gasteiger partial charge in [-0.2, -0.15) is 5.26 Å². The Bertz CT molecular complexity index is 1130. The van der Waals surface area contributed by atoms with Crippen molar-refractivity contribution in [2.24, 2.45) is 0 Å². The Morgan fingerprint density at radius 3 is 2.71 bits per heavy atom. The second kappa shape index (κ2) is 7.58. The molecule has 0 atom stereocenters. The van der Waals surface area contributed by atoms with E-state index in [4.69, 9.17) is 14.7 Å². The van der Waals surface area contributed by atoms with Crippen molar-refractivity contribution in [2.45, 2.75) is 12.8 Å². The average molecular weight is 369 g/mol. The van der Waals surface area contributed by atoms with Crippen LogP contribution >= 0.6 is 0 Å². The summed E-state index contributed by atoms with van der Waals surface area (Å²) in [7, 11) is 1.54. The van der Waals surface area contributed by atoms with Gasteiger partial charge < -0.3 is 9.47 Å². The summed E-state index contributed by atoms with van der Waals surface area (Å²) in [5, 5.41) is 10.9. The predicted octanol–water partition coefficient (Wildman–Crippen LogP) is 4.75. The minimum Gasteiger partial charge on any atom is -0.493 e. The van der Waals surface area contributed by atoms with E-state index in [1.54, 1.807) is 31.4 Å². The average Bonchev–Trinajstić information content (AvgIpc) is 3.16. The molecule has 0 saturated carbocycles. The van der Waals surface area contributed by atoms with Crippen LogP contribution in [0.2, 0.25) is 0 Å². The van der Waals surface area contributed by atoms with Gasteiger partial charge in [-0.25, -0.2) is 0 Å². The van der Waals surface area contributed by atoms with E-state index in [0.29, 0.717) is 11.5 Å². The minimum absolute atomic E-state index is 0.0284. The molecule has 3 aromatic rings.